The number of rotatable bonds is 4. The molecule has 0 bridgehead atoms. The lowest BCUT2D eigenvalue weighted by molar-refractivity contribution is 0.170. The number of nitrogens with two attached hydrogens (primary N) is 1. The number of nitrogen functional groups attached to an aromatic ring is 1. The zero-order valence-electron chi connectivity index (χ0n) is 16.0. The van der Waals surface area contributed by atoms with Gasteiger partial charge >= 0.3 is 0 Å². The van der Waals surface area contributed by atoms with Crippen molar-refractivity contribution < 1.29 is 8.78 Å². The third-order valence-corrected chi connectivity index (χ3v) is 4.60. The van der Waals surface area contributed by atoms with Crippen molar-refractivity contribution in [1.82, 2.24) is 15.3 Å². The summed E-state index contributed by atoms with van der Waals surface area (Å²) in [5, 5.41) is 9.76. The van der Waals surface area contributed by atoms with Crippen LogP contribution in [0.15, 0.2) is 24.5 Å². The molecule has 8 heteroatoms. The lowest BCUT2D eigenvalue weighted by Crippen LogP contribution is -2.60. The molecule has 1 fully saturated rings. The molecule has 0 aliphatic carbocycles. The average Bonchev–Trinajstić information content (AvgIpc) is 2.51. The van der Waals surface area contributed by atoms with Gasteiger partial charge in [0.25, 0.3) is 0 Å². The highest BCUT2D eigenvalue weighted by molar-refractivity contribution is 5.77. The Morgan fingerprint density at radius 1 is 1.07 bits per heavy atom. The molecule has 0 amide bonds. The molecule has 1 aromatic heterocycles. The standard InChI is InChI=1S/C19H26F2N6/c1-18(2)8-12(9-19(3,4)27-18)25-16-15(22)17(24-10-23-16)26-14-7-11(20)5-6-13(14)21/h5-7,10,12,27H,8-9,22H2,1-4H3,(H2,23,24,25,26). The molecule has 146 valence electrons. The fourth-order valence-electron chi connectivity index (χ4n) is 3.95. The van der Waals surface area contributed by atoms with E-state index in [2.05, 4.69) is 53.6 Å². The first-order valence-electron chi connectivity index (χ1n) is 8.93. The van der Waals surface area contributed by atoms with E-state index in [1.807, 2.05) is 0 Å². The molecule has 0 saturated carbocycles. The monoisotopic (exact) mass is 376 g/mol. The molecule has 6 nitrogen and oxygen atoms in total. The Morgan fingerprint density at radius 3 is 2.37 bits per heavy atom. The van der Waals surface area contributed by atoms with Gasteiger partial charge in [-0.15, -0.1) is 0 Å². The highest BCUT2D eigenvalue weighted by Gasteiger charge is 2.37. The van der Waals surface area contributed by atoms with Gasteiger partial charge in [-0.25, -0.2) is 18.7 Å². The summed E-state index contributed by atoms with van der Waals surface area (Å²) in [6.45, 7) is 8.63. The van der Waals surface area contributed by atoms with Crippen LogP contribution in [0.2, 0.25) is 0 Å². The molecule has 1 aliphatic rings. The quantitative estimate of drug-likeness (QED) is 0.649. The summed E-state index contributed by atoms with van der Waals surface area (Å²) in [5.74, 6) is -0.443. The SMILES string of the molecule is CC1(C)CC(Nc2ncnc(Nc3cc(F)ccc3F)c2N)CC(C)(C)N1. The largest absolute Gasteiger partial charge is 0.393 e. The number of hydrogen-bond acceptors (Lipinski definition) is 6. The topological polar surface area (TPSA) is 87.9 Å². The highest BCUT2D eigenvalue weighted by atomic mass is 19.1. The van der Waals surface area contributed by atoms with E-state index in [1.54, 1.807) is 0 Å². The Bertz CT molecular complexity index is 821. The third-order valence-electron chi connectivity index (χ3n) is 4.60. The van der Waals surface area contributed by atoms with E-state index in [4.69, 9.17) is 5.73 Å². The van der Waals surface area contributed by atoms with Crippen LogP contribution in [0.1, 0.15) is 40.5 Å². The number of aromatic nitrogens is 2. The third kappa shape index (κ3) is 4.63. The normalized spacial score (nSPS) is 18.9. The molecule has 1 saturated heterocycles. The smallest absolute Gasteiger partial charge is 0.159 e. The maximum Gasteiger partial charge on any atom is 0.159 e. The minimum Gasteiger partial charge on any atom is -0.393 e. The van der Waals surface area contributed by atoms with Crippen LogP contribution in [0.5, 0.6) is 0 Å². The van der Waals surface area contributed by atoms with Gasteiger partial charge in [0.1, 0.15) is 23.6 Å². The van der Waals surface area contributed by atoms with E-state index >= 15 is 0 Å². The zero-order valence-corrected chi connectivity index (χ0v) is 16.0. The van der Waals surface area contributed by atoms with Crippen LogP contribution in [0.3, 0.4) is 0 Å². The summed E-state index contributed by atoms with van der Waals surface area (Å²) in [5.41, 5.74) is 6.35. The Morgan fingerprint density at radius 2 is 1.70 bits per heavy atom. The zero-order chi connectivity index (χ0) is 19.8. The van der Waals surface area contributed by atoms with Crippen LogP contribution in [0, 0.1) is 11.6 Å². The summed E-state index contributed by atoms with van der Waals surface area (Å²) in [6, 6.07) is 3.32. The second-order valence-corrected chi connectivity index (χ2v) is 8.38. The van der Waals surface area contributed by atoms with Crippen molar-refractivity contribution in [1.29, 1.82) is 0 Å². The summed E-state index contributed by atoms with van der Waals surface area (Å²) < 4.78 is 27.3. The van der Waals surface area contributed by atoms with Crippen LogP contribution in [-0.4, -0.2) is 27.1 Å². The summed E-state index contributed by atoms with van der Waals surface area (Å²) in [6.07, 6.45) is 3.12. The molecule has 0 radical (unpaired) electrons. The van der Waals surface area contributed by atoms with Gasteiger partial charge < -0.3 is 21.7 Å². The van der Waals surface area contributed by atoms with Crippen molar-refractivity contribution in [3.05, 3.63) is 36.2 Å². The van der Waals surface area contributed by atoms with E-state index in [-0.39, 0.29) is 34.3 Å². The van der Waals surface area contributed by atoms with Gasteiger partial charge in [0.15, 0.2) is 11.6 Å². The number of nitrogens with zero attached hydrogens (tertiary/aromatic N) is 2. The van der Waals surface area contributed by atoms with E-state index in [1.165, 1.54) is 6.33 Å². The van der Waals surface area contributed by atoms with Gasteiger partial charge in [-0.2, -0.15) is 0 Å². The number of piperidine rings is 1. The average molecular weight is 376 g/mol. The Labute approximate surface area is 158 Å². The maximum absolute atomic E-state index is 13.9. The van der Waals surface area contributed by atoms with Gasteiger partial charge in [0, 0.05) is 23.2 Å². The first kappa shape index (κ1) is 19.3. The second-order valence-electron chi connectivity index (χ2n) is 8.38. The lowest BCUT2D eigenvalue weighted by Gasteiger charge is -2.46. The molecule has 0 spiro atoms. The number of nitrogens with one attached hydrogen (secondary N) is 3. The molecule has 0 unspecified atom stereocenters. The summed E-state index contributed by atoms with van der Waals surface area (Å²) in [4.78, 5) is 8.30. The van der Waals surface area contributed by atoms with Gasteiger partial charge in [0.05, 0.1) is 5.69 Å². The van der Waals surface area contributed by atoms with Crippen molar-refractivity contribution in [3.8, 4) is 0 Å². The summed E-state index contributed by atoms with van der Waals surface area (Å²) in [7, 11) is 0. The highest BCUT2D eigenvalue weighted by Crippen LogP contribution is 2.33. The molecule has 1 aromatic carbocycles. The van der Waals surface area contributed by atoms with E-state index < -0.39 is 11.6 Å². The minimum atomic E-state index is -0.592. The van der Waals surface area contributed by atoms with Gasteiger partial charge in [-0.05, 0) is 52.7 Å². The second kappa shape index (κ2) is 6.92. The number of anilines is 4. The van der Waals surface area contributed by atoms with Crippen LogP contribution in [0.4, 0.5) is 31.8 Å². The predicted molar refractivity (Wildman–Crippen MR) is 104 cm³/mol. The van der Waals surface area contributed by atoms with Crippen molar-refractivity contribution >= 4 is 23.0 Å². The Balaban J connectivity index is 1.82. The first-order valence-corrected chi connectivity index (χ1v) is 8.93. The molecule has 3 rings (SSSR count). The summed E-state index contributed by atoms with van der Waals surface area (Å²) >= 11 is 0. The van der Waals surface area contributed by atoms with Crippen LogP contribution >= 0.6 is 0 Å². The molecule has 0 atom stereocenters. The van der Waals surface area contributed by atoms with Crippen molar-refractivity contribution in [2.24, 2.45) is 0 Å². The van der Waals surface area contributed by atoms with Gasteiger partial charge in [-0.3, -0.25) is 0 Å². The molecule has 5 N–H and O–H groups in total. The predicted octanol–water partition coefficient (Wildman–Crippen LogP) is 3.80. The molecular weight excluding hydrogens is 350 g/mol. The van der Waals surface area contributed by atoms with Crippen molar-refractivity contribution in [2.75, 3.05) is 16.4 Å². The molecule has 1 aliphatic heterocycles. The molecule has 2 heterocycles. The van der Waals surface area contributed by atoms with Crippen LogP contribution < -0.4 is 21.7 Å². The van der Waals surface area contributed by atoms with Crippen LogP contribution in [0.25, 0.3) is 0 Å². The molecular formula is C19H26F2N6. The van der Waals surface area contributed by atoms with Crippen LogP contribution in [-0.2, 0) is 0 Å². The first-order chi connectivity index (χ1) is 12.5. The Kier molecular flexibility index (Phi) is 4.94. The fourth-order valence-corrected chi connectivity index (χ4v) is 3.95. The van der Waals surface area contributed by atoms with Gasteiger partial charge in [-0.1, -0.05) is 0 Å². The Hall–Kier alpha value is -2.48. The molecule has 2 aromatic rings. The number of halogens is 2. The van der Waals surface area contributed by atoms with E-state index in [0.717, 1.165) is 31.0 Å². The fraction of sp³-hybridized carbons (Fsp3) is 0.474. The molecule has 27 heavy (non-hydrogen) atoms. The minimum absolute atomic E-state index is 0.0320. The maximum atomic E-state index is 13.9. The van der Waals surface area contributed by atoms with E-state index in [0.29, 0.717) is 5.82 Å². The number of benzene rings is 1. The lowest BCUT2D eigenvalue weighted by atomic mass is 9.79. The number of hydrogen-bond donors (Lipinski definition) is 4. The van der Waals surface area contributed by atoms with E-state index in [9.17, 15) is 8.78 Å². The van der Waals surface area contributed by atoms with Crippen molar-refractivity contribution in [3.63, 3.8) is 0 Å². The van der Waals surface area contributed by atoms with Crippen molar-refractivity contribution in [2.45, 2.75) is 57.7 Å². The van der Waals surface area contributed by atoms with Gasteiger partial charge in [0.2, 0.25) is 0 Å².